The largest absolute Gasteiger partial charge is 0.465 e. The Bertz CT molecular complexity index is 305. The van der Waals surface area contributed by atoms with Gasteiger partial charge in [0.1, 0.15) is 11.6 Å². The Labute approximate surface area is 78.0 Å². The van der Waals surface area contributed by atoms with E-state index in [0.29, 0.717) is 0 Å². The molecule has 70 valence electrons. The molecule has 0 aromatic heterocycles. The van der Waals surface area contributed by atoms with Crippen LogP contribution in [0.1, 0.15) is 26.7 Å². The summed E-state index contributed by atoms with van der Waals surface area (Å²) >= 11 is 0. The number of hydrogen-bond acceptors (Lipinski definition) is 3. The fourth-order valence-electron chi connectivity index (χ4n) is 1.25. The smallest absolute Gasteiger partial charge is 0.348 e. The summed E-state index contributed by atoms with van der Waals surface area (Å²) in [6.07, 6.45) is 2.11. The topological polar surface area (TPSA) is 50.1 Å². The minimum absolute atomic E-state index is 0.0687. The molecule has 3 nitrogen and oxygen atoms in total. The van der Waals surface area contributed by atoms with Gasteiger partial charge in [-0.2, -0.15) is 5.26 Å². The molecule has 13 heavy (non-hydrogen) atoms. The number of rotatable bonds is 2. The van der Waals surface area contributed by atoms with Gasteiger partial charge in [0.25, 0.3) is 0 Å². The molecule has 1 fully saturated rings. The van der Waals surface area contributed by atoms with Crippen LogP contribution in [-0.2, 0) is 9.53 Å². The van der Waals surface area contributed by atoms with E-state index in [1.807, 2.05) is 13.0 Å². The Morgan fingerprint density at radius 1 is 1.54 bits per heavy atom. The van der Waals surface area contributed by atoms with Crippen LogP contribution in [0.4, 0.5) is 0 Å². The average Bonchev–Trinajstić information content (AvgIpc) is 2.85. The fourth-order valence-corrected chi connectivity index (χ4v) is 1.25. The third kappa shape index (κ3) is 1.72. The highest BCUT2D eigenvalue weighted by molar-refractivity contribution is 5.93. The molecule has 0 bridgehead atoms. The average molecular weight is 179 g/mol. The van der Waals surface area contributed by atoms with Crippen LogP contribution in [0.15, 0.2) is 11.1 Å². The van der Waals surface area contributed by atoms with Gasteiger partial charge in [0.05, 0.1) is 7.11 Å². The Kier molecular flexibility index (Phi) is 2.42. The summed E-state index contributed by atoms with van der Waals surface area (Å²) < 4.78 is 4.53. The van der Waals surface area contributed by atoms with Crippen molar-refractivity contribution in [1.82, 2.24) is 0 Å². The third-order valence-corrected chi connectivity index (χ3v) is 2.78. The van der Waals surface area contributed by atoms with Crippen molar-refractivity contribution in [3.05, 3.63) is 11.1 Å². The van der Waals surface area contributed by atoms with Crippen molar-refractivity contribution < 1.29 is 9.53 Å². The van der Waals surface area contributed by atoms with Gasteiger partial charge in [-0.3, -0.25) is 0 Å². The molecule has 0 aromatic carbocycles. The lowest BCUT2D eigenvalue weighted by Crippen LogP contribution is -2.09. The van der Waals surface area contributed by atoms with Crippen molar-refractivity contribution in [2.75, 3.05) is 7.11 Å². The molecular formula is C10H13NO2. The van der Waals surface area contributed by atoms with E-state index in [2.05, 4.69) is 11.7 Å². The summed E-state index contributed by atoms with van der Waals surface area (Å²) in [7, 11) is 1.29. The molecule has 1 saturated carbocycles. The lowest BCUT2D eigenvalue weighted by atomic mass is 9.95. The quantitative estimate of drug-likeness (QED) is 0.369. The maximum absolute atomic E-state index is 11.2. The van der Waals surface area contributed by atoms with E-state index in [9.17, 15) is 4.79 Å². The Hall–Kier alpha value is -1.30. The normalized spacial score (nSPS) is 19.8. The first-order chi connectivity index (χ1) is 6.05. The van der Waals surface area contributed by atoms with Crippen LogP contribution >= 0.6 is 0 Å². The monoisotopic (exact) mass is 179 g/mol. The van der Waals surface area contributed by atoms with Crippen LogP contribution in [0.3, 0.4) is 0 Å². The van der Waals surface area contributed by atoms with Crippen molar-refractivity contribution in [2.45, 2.75) is 26.7 Å². The number of esters is 1. The lowest BCUT2D eigenvalue weighted by Gasteiger charge is -2.10. The van der Waals surface area contributed by atoms with Crippen LogP contribution in [-0.4, -0.2) is 13.1 Å². The van der Waals surface area contributed by atoms with E-state index in [-0.39, 0.29) is 11.0 Å². The number of ether oxygens (including phenoxy) is 1. The molecule has 0 N–H and O–H groups in total. The van der Waals surface area contributed by atoms with Crippen LogP contribution in [0.5, 0.6) is 0 Å². The second-order valence-electron chi connectivity index (χ2n) is 3.66. The van der Waals surface area contributed by atoms with E-state index in [1.165, 1.54) is 7.11 Å². The zero-order chi connectivity index (χ0) is 10.1. The van der Waals surface area contributed by atoms with E-state index in [4.69, 9.17) is 5.26 Å². The van der Waals surface area contributed by atoms with E-state index in [1.54, 1.807) is 0 Å². The molecular weight excluding hydrogens is 166 g/mol. The number of hydrogen-bond donors (Lipinski definition) is 0. The van der Waals surface area contributed by atoms with Gasteiger partial charge in [0.15, 0.2) is 0 Å². The first kappa shape index (κ1) is 9.79. The Morgan fingerprint density at radius 3 is 2.38 bits per heavy atom. The standard InChI is InChI=1S/C10H13NO2/c1-7(10(2)4-5-10)8(6-11)9(12)13-3/h4-5H2,1-3H3/b8-7+. The second kappa shape index (κ2) is 3.21. The van der Waals surface area contributed by atoms with Crippen molar-refractivity contribution >= 4 is 5.97 Å². The number of allylic oxidation sites excluding steroid dienone is 1. The highest BCUT2D eigenvalue weighted by Crippen LogP contribution is 2.52. The molecule has 0 aliphatic heterocycles. The van der Waals surface area contributed by atoms with Crippen LogP contribution in [0, 0.1) is 16.7 Å². The number of carbonyl (C=O) groups excluding carboxylic acids is 1. The van der Waals surface area contributed by atoms with Crippen LogP contribution in [0.2, 0.25) is 0 Å². The lowest BCUT2D eigenvalue weighted by molar-refractivity contribution is -0.135. The summed E-state index contributed by atoms with van der Waals surface area (Å²) in [5, 5.41) is 8.78. The summed E-state index contributed by atoms with van der Waals surface area (Å²) in [4.78, 5) is 11.2. The fraction of sp³-hybridized carbons (Fsp3) is 0.600. The zero-order valence-corrected chi connectivity index (χ0v) is 8.18. The number of nitriles is 1. The molecule has 0 heterocycles. The zero-order valence-electron chi connectivity index (χ0n) is 8.18. The minimum atomic E-state index is -0.520. The van der Waals surface area contributed by atoms with E-state index < -0.39 is 5.97 Å². The molecule has 1 aliphatic rings. The third-order valence-electron chi connectivity index (χ3n) is 2.78. The molecule has 0 saturated heterocycles. The molecule has 0 amide bonds. The van der Waals surface area contributed by atoms with Gasteiger partial charge in [-0.05, 0) is 30.8 Å². The predicted octanol–water partition coefficient (Wildman–Crippen LogP) is 1.80. The highest BCUT2D eigenvalue weighted by atomic mass is 16.5. The van der Waals surface area contributed by atoms with Crippen molar-refractivity contribution in [3.8, 4) is 6.07 Å². The second-order valence-corrected chi connectivity index (χ2v) is 3.66. The van der Waals surface area contributed by atoms with E-state index >= 15 is 0 Å². The predicted molar refractivity (Wildman–Crippen MR) is 47.7 cm³/mol. The molecule has 0 spiro atoms. The van der Waals surface area contributed by atoms with Crippen LogP contribution in [0.25, 0.3) is 0 Å². The maximum Gasteiger partial charge on any atom is 0.348 e. The molecule has 0 unspecified atom stereocenters. The van der Waals surface area contributed by atoms with Crippen molar-refractivity contribution in [1.29, 1.82) is 5.26 Å². The van der Waals surface area contributed by atoms with Gasteiger partial charge in [-0.15, -0.1) is 0 Å². The summed E-state index contributed by atoms with van der Waals surface area (Å²) in [6.45, 7) is 3.89. The molecule has 1 rings (SSSR count). The van der Waals surface area contributed by atoms with E-state index in [0.717, 1.165) is 18.4 Å². The molecule has 0 atom stereocenters. The van der Waals surface area contributed by atoms with Crippen LogP contribution < -0.4 is 0 Å². The first-order valence-electron chi connectivity index (χ1n) is 4.25. The number of carbonyl (C=O) groups is 1. The summed E-state index contributed by atoms with van der Waals surface area (Å²) in [6, 6.07) is 1.90. The minimum Gasteiger partial charge on any atom is -0.465 e. The van der Waals surface area contributed by atoms with Crippen molar-refractivity contribution in [3.63, 3.8) is 0 Å². The Morgan fingerprint density at radius 2 is 2.08 bits per heavy atom. The maximum atomic E-state index is 11.2. The van der Waals surface area contributed by atoms with Crippen molar-refractivity contribution in [2.24, 2.45) is 5.41 Å². The van der Waals surface area contributed by atoms with Gasteiger partial charge in [-0.25, -0.2) is 4.79 Å². The van der Waals surface area contributed by atoms with Gasteiger partial charge in [0, 0.05) is 0 Å². The number of methoxy groups -OCH3 is 1. The molecule has 0 aromatic rings. The summed E-state index contributed by atoms with van der Waals surface area (Å²) in [5.41, 5.74) is 1.10. The van der Waals surface area contributed by atoms with Gasteiger partial charge in [-0.1, -0.05) is 6.92 Å². The highest BCUT2D eigenvalue weighted by Gasteiger charge is 2.41. The SMILES string of the molecule is COC(=O)/C(C#N)=C(\C)C1(C)CC1. The Balaban J connectivity index is 2.99. The van der Waals surface area contributed by atoms with Gasteiger partial charge < -0.3 is 4.74 Å². The van der Waals surface area contributed by atoms with Gasteiger partial charge in [0.2, 0.25) is 0 Å². The summed E-state index contributed by atoms with van der Waals surface area (Å²) in [5.74, 6) is -0.520. The molecule has 0 radical (unpaired) electrons. The number of nitrogens with zero attached hydrogens (tertiary/aromatic N) is 1. The molecule has 3 heteroatoms. The first-order valence-corrected chi connectivity index (χ1v) is 4.25. The molecule has 1 aliphatic carbocycles. The van der Waals surface area contributed by atoms with Gasteiger partial charge >= 0.3 is 5.97 Å².